The molecule has 28 heavy (non-hydrogen) atoms. The van der Waals surface area contributed by atoms with Crippen LogP contribution in [0.4, 0.5) is 0 Å². The van der Waals surface area contributed by atoms with Crippen LogP contribution in [-0.4, -0.2) is 19.1 Å². The number of aryl methyl sites for hydroxylation is 1. The summed E-state index contributed by atoms with van der Waals surface area (Å²) >= 11 is 0. The third-order valence-electron chi connectivity index (χ3n) is 5.00. The third kappa shape index (κ3) is 5.35. The molecular formula is C21H29ClN4O2. The molecule has 0 aliphatic heterocycles. The van der Waals surface area contributed by atoms with E-state index in [-0.39, 0.29) is 12.4 Å². The average Bonchev–Trinajstić information content (AvgIpc) is 3.21. The van der Waals surface area contributed by atoms with Gasteiger partial charge in [0.15, 0.2) is 0 Å². The summed E-state index contributed by atoms with van der Waals surface area (Å²) in [4.78, 5) is 31.2. The minimum Gasteiger partial charge on any atom is -0.316 e. The summed E-state index contributed by atoms with van der Waals surface area (Å²) < 4.78 is 3.50. The fourth-order valence-corrected chi connectivity index (χ4v) is 3.46. The Balaban J connectivity index is 0.00000280. The monoisotopic (exact) mass is 404 g/mol. The molecular weight excluding hydrogens is 376 g/mol. The van der Waals surface area contributed by atoms with E-state index in [4.69, 9.17) is 0 Å². The van der Waals surface area contributed by atoms with E-state index in [1.54, 1.807) is 17.1 Å². The van der Waals surface area contributed by atoms with Crippen LogP contribution in [0.5, 0.6) is 0 Å². The molecule has 0 unspecified atom stereocenters. The van der Waals surface area contributed by atoms with Crippen LogP contribution in [0.25, 0.3) is 16.7 Å². The molecule has 1 aromatic carbocycles. The molecule has 2 aromatic heterocycles. The number of nitrogens with one attached hydrogen (secondary N) is 1. The van der Waals surface area contributed by atoms with Gasteiger partial charge in [-0.1, -0.05) is 51.9 Å². The summed E-state index contributed by atoms with van der Waals surface area (Å²) in [6.45, 7) is 2.80. The van der Waals surface area contributed by atoms with Crippen molar-refractivity contribution in [3.8, 4) is 5.69 Å². The van der Waals surface area contributed by atoms with E-state index in [1.807, 2.05) is 29.0 Å². The van der Waals surface area contributed by atoms with Crippen molar-refractivity contribution in [2.45, 2.75) is 64.8 Å². The Morgan fingerprint density at radius 3 is 2.39 bits per heavy atom. The van der Waals surface area contributed by atoms with E-state index in [0.29, 0.717) is 12.1 Å². The highest BCUT2D eigenvalue weighted by Crippen LogP contribution is 2.16. The zero-order chi connectivity index (χ0) is 19.1. The first kappa shape index (κ1) is 22.0. The van der Waals surface area contributed by atoms with Gasteiger partial charge >= 0.3 is 11.1 Å². The van der Waals surface area contributed by atoms with Crippen molar-refractivity contribution in [1.29, 1.82) is 0 Å². The van der Waals surface area contributed by atoms with E-state index in [9.17, 15) is 9.59 Å². The Morgan fingerprint density at radius 2 is 1.71 bits per heavy atom. The largest absolute Gasteiger partial charge is 0.316 e. The van der Waals surface area contributed by atoms with E-state index in [2.05, 4.69) is 16.9 Å². The van der Waals surface area contributed by atoms with Crippen LogP contribution in [0.2, 0.25) is 0 Å². The summed E-state index contributed by atoms with van der Waals surface area (Å²) in [5, 5.41) is 0. The number of H-pyrrole nitrogens is 1. The summed E-state index contributed by atoms with van der Waals surface area (Å²) in [5.74, 6) is 0. The minimum atomic E-state index is -0.558. The number of unbranched alkanes of at least 4 members (excludes halogenated alkanes) is 7. The number of benzene rings is 1. The zero-order valence-electron chi connectivity index (χ0n) is 16.4. The number of fused-ring (bicyclic) bond motifs is 1. The zero-order valence-corrected chi connectivity index (χ0v) is 17.2. The molecule has 0 spiro atoms. The maximum atomic E-state index is 12.4. The van der Waals surface area contributed by atoms with E-state index >= 15 is 0 Å². The van der Waals surface area contributed by atoms with Crippen LogP contribution in [-0.2, 0) is 6.54 Å². The second-order valence-corrected chi connectivity index (χ2v) is 7.06. The number of imidazole rings is 1. The molecule has 1 N–H and O–H groups in total. The highest BCUT2D eigenvalue weighted by molar-refractivity contribution is 5.85. The second kappa shape index (κ2) is 10.9. The molecule has 2 heterocycles. The standard InChI is InChI=1S/C21H28N4O2.ClH/c1-2-3-4-5-6-7-8-9-13-25-19-15-17(24-14-12-22-16-24)10-11-18(19)23-20(26)21(25)27;/h10-12,14-16H,2-9,13H2,1H3,(H,23,26);1H. The van der Waals surface area contributed by atoms with Crippen LogP contribution in [0.15, 0.2) is 46.5 Å². The van der Waals surface area contributed by atoms with Crippen LogP contribution in [0, 0.1) is 0 Å². The quantitative estimate of drug-likeness (QED) is 0.401. The summed E-state index contributed by atoms with van der Waals surface area (Å²) in [6, 6.07) is 5.68. The number of halogens is 1. The first-order valence-electron chi connectivity index (χ1n) is 9.96. The molecule has 0 aliphatic rings. The van der Waals surface area contributed by atoms with Gasteiger partial charge in [-0.3, -0.25) is 9.59 Å². The topological polar surface area (TPSA) is 72.7 Å². The van der Waals surface area contributed by atoms with Gasteiger partial charge in [0.25, 0.3) is 0 Å². The number of hydrogen-bond donors (Lipinski definition) is 1. The molecule has 7 heteroatoms. The van der Waals surface area contributed by atoms with Gasteiger partial charge in [0.05, 0.1) is 17.4 Å². The third-order valence-corrected chi connectivity index (χ3v) is 5.00. The maximum Gasteiger partial charge on any atom is 0.316 e. The lowest BCUT2D eigenvalue weighted by Crippen LogP contribution is -2.36. The van der Waals surface area contributed by atoms with Gasteiger partial charge in [0.1, 0.15) is 0 Å². The van der Waals surface area contributed by atoms with Gasteiger partial charge < -0.3 is 14.1 Å². The van der Waals surface area contributed by atoms with Crippen molar-refractivity contribution in [2.75, 3.05) is 0 Å². The molecule has 0 saturated carbocycles. The van der Waals surface area contributed by atoms with Gasteiger partial charge in [-0.2, -0.15) is 0 Å². The van der Waals surface area contributed by atoms with Crippen molar-refractivity contribution in [3.05, 3.63) is 57.6 Å². The number of nitrogens with zero attached hydrogens (tertiary/aromatic N) is 3. The summed E-state index contributed by atoms with van der Waals surface area (Å²) in [5.41, 5.74) is 1.32. The predicted octanol–water partition coefficient (Wildman–Crippen LogP) is 4.44. The Morgan fingerprint density at radius 1 is 1.00 bits per heavy atom. The first-order valence-corrected chi connectivity index (χ1v) is 9.96. The van der Waals surface area contributed by atoms with Crippen LogP contribution < -0.4 is 11.1 Å². The van der Waals surface area contributed by atoms with Crippen molar-refractivity contribution >= 4 is 23.4 Å². The molecule has 0 aliphatic carbocycles. The highest BCUT2D eigenvalue weighted by Gasteiger charge is 2.09. The summed E-state index contributed by atoms with van der Waals surface area (Å²) in [7, 11) is 0. The molecule has 6 nitrogen and oxygen atoms in total. The Bertz CT molecular complexity index is 976. The molecule has 0 amide bonds. The molecule has 0 saturated heterocycles. The average molecular weight is 405 g/mol. The molecule has 0 bridgehead atoms. The number of hydrogen-bond acceptors (Lipinski definition) is 3. The fourth-order valence-electron chi connectivity index (χ4n) is 3.46. The van der Waals surface area contributed by atoms with Gasteiger partial charge in [-0.15, -0.1) is 12.4 Å². The lowest BCUT2D eigenvalue weighted by Gasteiger charge is -2.11. The van der Waals surface area contributed by atoms with Crippen molar-refractivity contribution < 1.29 is 0 Å². The van der Waals surface area contributed by atoms with Gasteiger partial charge in [0, 0.05) is 24.6 Å². The second-order valence-electron chi connectivity index (χ2n) is 7.06. The molecule has 3 rings (SSSR count). The molecule has 3 aromatic rings. The van der Waals surface area contributed by atoms with E-state index in [1.165, 1.54) is 38.5 Å². The van der Waals surface area contributed by atoms with Crippen LogP contribution in [0.1, 0.15) is 58.3 Å². The normalized spacial score (nSPS) is 10.9. The van der Waals surface area contributed by atoms with Crippen LogP contribution in [0.3, 0.4) is 0 Å². The predicted molar refractivity (Wildman–Crippen MR) is 116 cm³/mol. The summed E-state index contributed by atoms with van der Waals surface area (Å²) in [6.07, 6.45) is 14.9. The smallest absolute Gasteiger partial charge is 0.316 e. The first-order chi connectivity index (χ1) is 13.2. The SMILES string of the molecule is CCCCCCCCCCn1c(=O)c(=O)[nH]c2ccc(-n3ccnc3)cc21.Cl. The van der Waals surface area contributed by atoms with Gasteiger partial charge in [-0.05, 0) is 24.6 Å². The van der Waals surface area contributed by atoms with Gasteiger partial charge in [0.2, 0.25) is 0 Å². The van der Waals surface area contributed by atoms with E-state index in [0.717, 1.165) is 24.0 Å². The van der Waals surface area contributed by atoms with Crippen molar-refractivity contribution in [2.24, 2.45) is 0 Å². The Labute approximate surface area is 171 Å². The van der Waals surface area contributed by atoms with Crippen LogP contribution >= 0.6 is 12.4 Å². The molecule has 152 valence electrons. The number of rotatable bonds is 10. The van der Waals surface area contributed by atoms with E-state index < -0.39 is 11.1 Å². The Hall–Kier alpha value is -2.34. The van der Waals surface area contributed by atoms with Gasteiger partial charge in [-0.25, -0.2) is 4.98 Å². The highest BCUT2D eigenvalue weighted by atomic mass is 35.5. The lowest BCUT2D eigenvalue weighted by molar-refractivity contribution is 0.542. The number of aromatic amines is 1. The number of aromatic nitrogens is 4. The molecule has 0 radical (unpaired) electrons. The lowest BCUT2D eigenvalue weighted by atomic mass is 10.1. The Kier molecular flexibility index (Phi) is 8.51. The molecule has 0 atom stereocenters. The molecule has 0 fully saturated rings. The van der Waals surface area contributed by atoms with Crippen molar-refractivity contribution in [1.82, 2.24) is 19.1 Å². The van der Waals surface area contributed by atoms with Crippen molar-refractivity contribution in [3.63, 3.8) is 0 Å². The minimum absolute atomic E-state index is 0. The fraction of sp³-hybridized carbons (Fsp3) is 0.476. The maximum absolute atomic E-state index is 12.4.